The van der Waals surface area contributed by atoms with E-state index >= 15 is 0 Å². The molecule has 0 atom stereocenters. The summed E-state index contributed by atoms with van der Waals surface area (Å²) in [6, 6.07) is 5.18. The molecule has 0 radical (unpaired) electrons. The number of alkyl halides is 3. The molecule has 1 amide bonds. The third-order valence-electron chi connectivity index (χ3n) is 4.33. The van der Waals surface area contributed by atoms with E-state index in [1.165, 1.54) is 12.3 Å². The number of amides is 1. The number of carbonyl (C=O) groups excluding carboxylic acids is 1. The van der Waals surface area contributed by atoms with Crippen molar-refractivity contribution < 1.29 is 23.1 Å². The largest absolute Gasteiger partial charge is 0.418 e. The number of imidazole rings is 1. The highest BCUT2D eigenvalue weighted by Crippen LogP contribution is 2.31. The Hall–Kier alpha value is -3.45. The number of pyridine rings is 2. The first-order valence-corrected chi connectivity index (χ1v) is 8.95. The number of nitrogens with one attached hydrogen (secondary N) is 1. The van der Waals surface area contributed by atoms with Crippen molar-refractivity contribution in [3.63, 3.8) is 0 Å². The third kappa shape index (κ3) is 4.75. The lowest BCUT2D eigenvalue weighted by atomic mass is 10.0. The van der Waals surface area contributed by atoms with Gasteiger partial charge in [0.2, 0.25) is 0 Å². The van der Waals surface area contributed by atoms with Gasteiger partial charge in [-0.15, -0.1) is 0 Å². The van der Waals surface area contributed by atoms with Gasteiger partial charge in [0, 0.05) is 24.7 Å². The SMILES string of the molecule is CC(C)(O)CCc1cn2cc(NC(=O)c3ncccc3C(F)(F)F)c(C#N)cc2n1. The maximum absolute atomic E-state index is 13.2. The summed E-state index contributed by atoms with van der Waals surface area (Å²) < 4.78 is 41.0. The number of anilines is 1. The minimum atomic E-state index is -4.75. The van der Waals surface area contributed by atoms with Crippen molar-refractivity contribution in [2.24, 2.45) is 0 Å². The lowest BCUT2D eigenvalue weighted by Crippen LogP contribution is -2.21. The molecule has 3 heterocycles. The molecule has 0 saturated carbocycles. The summed E-state index contributed by atoms with van der Waals surface area (Å²) in [5, 5.41) is 21.6. The van der Waals surface area contributed by atoms with E-state index in [2.05, 4.69) is 15.3 Å². The number of fused-ring (bicyclic) bond motifs is 1. The third-order valence-corrected chi connectivity index (χ3v) is 4.33. The fourth-order valence-corrected chi connectivity index (χ4v) is 2.83. The molecule has 0 aliphatic heterocycles. The number of carbonyl (C=O) groups is 1. The standard InChI is InChI=1S/C20H18F3N5O2/c1-19(2,30)6-5-13-10-28-11-15(12(9-24)8-16(28)26-13)27-18(29)17-14(20(21,22)23)4-3-7-25-17/h3-4,7-8,10-11,30H,5-6H2,1-2H3,(H,27,29). The van der Waals surface area contributed by atoms with Crippen LogP contribution in [-0.2, 0) is 12.6 Å². The molecule has 0 aromatic carbocycles. The van der Waals surface area contributed by atoms with Crippen molar-refractivity contribution >= 4 is 17.2 Å². The molecule has 3 rings (SSSR count). The Bertz CT molecular complexity index is 1140. The van der Waals surface area contributed by atoms with E-state index in [1.54, 1.807) is 24.4 Å². The van der Waals surface area contributed by atoms with Crippen molar-refractivity contribution in [1.29, 1.82) is 5.26 Å². The number of halogens is 3. The molecule has 3 aromatic heterocycles. The number of aryl methyl sites for hydroxylation is 1. The number of nitrogens with zero attached hydrogens (tertiary/aromatic N) is 4. The van der Waals surface area contributed by atoms with Crippen LogP contribution in [0.1, 0.15) is 47.6 Å². The van der Waals surface area contributed by atoms with Crippen LogP contribution in [0.15, 0.2) is 36.8 Å². The highest BCUT2D eigenvalue weighted by atomic mass is 19.4. The Morgan fingerprint density at radius 3 is 2.70 bits per heavy atom. The van der Waals surface area contributed by atoms with E-state index in [0.29, 0.717) is 24.2 Å². The molecule has 0 aliphatic rings. The van der Waals surface area contributed by atoms with Crippen molar-refractivity contribution in [1.82, 2.24) is 14.4 Å². The molecule has 3 aromatic rings. The molecular formula is C20H18F3N5O2. The molecule has 0 fully saturated rings. The number of rotatable bonds is 5. The van der Waals surface area contributed by atoms with Gasteiger partial charge in [0.15, 0.2) is 0 Å². The Labute approximate surface area is 169 Å². The van der Waals surface area contributed by atoms with Gasteiger partial charge in [-0.25, -0.2) is 4.98 Å². The number of nitriles is 1. The fourth-order valence-electron chi connectivity index (χ4n) is 2.83. The minimum Gasteiger partial charge on any atom is -0.390 e. The van der Waals surface area contributed by atoms with Crippen LogP contribution in [0.4, 0.5) is 18.9 Å². The van der Waals surface area contributed by atoms with Crippen LogP contribution in [0.5, 0.6) is 0 Å². The second kappa shape index (κ2) is 7.76. The van der Waals surface area contributed by atoms with Crippen molar-refractivity contribution in [3.05, 3.63) is 59.3 Å². The zero-order valence-corrected chi connectivity index (χ0v) is 16.2. The van der Waals surface area contributed by atoms with E-state index in [4.69, 9.17) is 0 Å². The second-order valence-corrected chi connectivity index (χ2v) is 7.37. The van der Waals surface area contributed by atoms with Crippen LogP contribution in [0.25, 0.3) is 5.65 Å². The predicted molar refractivity (Wildman–Crippen MR) is 102 cm³/mol. The maximum Gasteiger partial charge on any atom is 0.418 e. The van der Waals surface area contributed by atoms with Crippen LogP contribution in [0.3, 0.4) is 0 Å². The summed E-state index contributed by atoms with van der Waals surface area (Å²) in [4.78, 5) is 20.4. The van der Waals surface area contributed by atoms with E-state index in [0.717, 1.165) is 18.3 Å². The van der Waals surface area contributed by atoms with Gasteiger partial charge in [0.25, 0.3) is 5.91 Å². The first kappa shape index (κ1) is 21.3. The summed E-state index contributed by atoms with van der Waals surface area (Å²) in [7, 11) is 0. The lowest BCUT2D eigenvalue weighted by molar-refractivity contribution is -0.138. The van der Waals surface area contributed by atoms with Gasteiger partial charge in [0.1, 0.15) is 17.4 Å². The molecule has 30 heavy (non-hydrogen) atoms. The van der Waals surface area contributed by atoms with Gasteiger partial charge < -0.3 is 14.8 Å². The molecule has 0 spiro atoms. The topological polar surface area (TPSA) is 103 Å². The average molecular weight is 417 g/mol. The van der Waals surface area contributed by atoms with Gasteiger partial charge >= 0.3 is 6.18 Å². The highest BCUT2D eigenvalue weighted by molar-refractivity contribution is 6.04. The average Bonchev–Trinajstić information content (AvgIpc) is 3.06. The molecule has 7 nitrogen and oxygen atoms in total. The molecule has 2 N–H and O–H groups in total. The summed E-state index contributed by atoms with van der Waals surface area (Å²) in [5.41, 5.74) is -1.66. The number of aliphatic hydroxyl groups is 1. The van der Waals surface area contributed by atoms with Gasteiger partial charge in [-0.3, -0.25) is 9.78 Å². The number of hydrogen-bond donors (Lipinski definition) is 2. The summed E-state index contributed by atoms with van der Waals surface area (Å²) >= 11 is 0. The quantitative estimate of drug-likeness (QED) is 0.661. The smallest absolute Gasteiger partial charge is 0.390 e. The minimum absolute atomic E-state index is 0.0280. The first-order chi connectivity index (χ1) is 14.0. The van der Waals surface area contributed by atoms with Crippen molar-refractivity contribution in [2.75, 3.05) is 5.32 Å². The summed E-state index contributed by atoms with van der Waals surface area (Å²) in [5.74, 6) is -1.08. The molecular weight excluding hydrogens is 399 g/mol. The van der Waals surface area contributed by atoms with E-state index in [9.17, 15) is 28.3 Å². The number of aromatic nitrogens is 3. The Morgan fingerprint density at radius 2 is 2.07 bits per heavy atom. The Kier molecular flexibility index (Phi) is 5.50. The molecule has 0 unspecified atom stereocenters. The van der Waals surface area contributed by atoms with Crippen LogP contribution >= 0.6 is 0 Å². The van der Waals surface area contributed by atoms with Crippen LogP contribution in [-0.4, -0.2) is 31.0 Å². The lowest BCUT2D eigenvalue weighted by Gasteiger charge is -2.15. The number of hydrogen-bond acceptors (Lipinski definition) is 5. The Balaban J connectivity index is 1.93. The first-order valence-electron chi connectivity index (χ1n) is 8.95. The fraction of sp³-hybridized carbons (Fsp3) is 0.300. The van der Waals surface area contributed by atoms with Crippen LogP contribution in [0, 0.1) is 11.3 Å². The second-order valence-electron chi connectivity index (χ2n) is 7.37. The molecule has 0 aliphatic carbocycles. The summed E-state index contributed by atoms with van der Waals surface area (Å²) in [6.07, 6.45) is 0.359. The molecule has 0 bridgehead atoms. The van der Waals surface area contributed by atoms with Gasteiger partial charge in [-0.1, -0.05) is 0 Å². The van der Waals surface area contributed by atoms with E-state index < -0.39 is 28.9 Å². The van der Waals surface area contributed by atoms with E-state index in [-0.39, 0.29) is 11.3 Å². The van der Waals surface area contributed by atoms with Gasteiger partial charge in [0.05, 0.1) is 28.1 Å². The molecule has 156 valence electrons. The van der Waals surface area contributed by atoms with E-state index in [1.807, 2.05) is 6.07 Å². The predicted octanol–water partition coefficient (Wildman–Crippen LogP) is 3.58. The van der Waals surface area contributed by atoms with Crippen LogP contribution in [0.2, 0.25) is 0 Å². The van der Waals surface area contributed by atoms with Crippen molar-refractivity contribution in [3.8, 4) is 6.07 Å². The van der Waals surface area contributed by atoms with Crippen molar-refractivity contribution in [2.45, 2.75) is 38.5 Å². The van der Waals surface area contributed by atoms with Gasteiger partial charge in [-0.2, -0.15) is 18.4 Å². The van der Waals surface area contributed by atoms with Crippen LogP contribution < -0.4 is 5.32 Å². The zero-order valence-electron chi connectivity index (χ0n) is 16.2. The Morgan fingerprint density at radius 1 is 1.33 bits per heavy atom. The van der Waals surface area contributed by atoms with Gasteiger partial charge in [-0.05, 0) is 38.8 Å². The normalized spacial score (nSPS) is 12.0. The zero-order chi connectivity index (χ0) is 22.1. The monoisotopic (exact) mass is 417 g/mol. The summed E-state index contributed by atoms with van der Waals surface area (Å²) in [6.45, 7) is 3.36. The molecule has 10 heteroatoms. The maximum atomic E-state index is 13.2. The molecule has 0 saturated heterocycles. The highest BCUT2D eigenvalue weighted by Gasteiger charge is 2.36.